The molecule has 0 heterocycles. The zero-order valence-corrected chi connectivity index (χ0v) is 33.8. The smallest absolute Gasteiger partial charge is 0.481 e. The summed E-state index contributed by atoms with van der Waals surface area (Å²) < 4.78 is 15.8. The number of aliphatic hydroxyl groups excluding tert-OH is 1. The number of aliphatic carboxylic acids is 4. The van der Waals surface area contributed by atoms with Crippen LogP contribution in [0.5, 0.6) is 5.75 Å². The second-order valence-electron chi connectivity index (χ2n) is 13.6. The standard InChI is InChI=1S/C34H50N7O19P/c1-4-15(2)27(40-29(51)19(35)12-24(45)46)33(55)38-21(11-17-5-7-18(8-6-17)60-61(57,58)59)32(54)37-20(9-10-23(43)44)31(53)41-28(16(3)42)34(56)39-22(13-25(47)48)30(52)36-14-26(49)50/h5-8,15-16,19-22,27-28,42H,4,9-14,35H2,1-3H3,(H,36,52)(H,37,54)(H,38,55)(H,39,56)(H,40,51)(H,41,53)(H,43,44)(H,45,46)(H,47,48)(H,49,50)(H2,57,58,59)/t15-,16+,19-,20-,21-,22-,27-,28-/m0/s1. The molecule has 26 nitrogen and oxygen atoms in total. The topological polar surface area (TPSA) is 437 Å². The molecule has 1 aromatic rings. The van der Waals surface area contributed by atoms with Crippen LogP contribution in [0.4, 0.5) is 0 Å². The summed E-state index contributed by atoms with van der Waals surface area (Å²) in [6.45, 7) is 3.22. The number of carbonyl (C=O) groups is 10. The van der Waals surface area contributed by atoms with Crippen LogP contribution in [0, 0.1) is 5.92 Å². The quantitative estimate of drug-likeness (QED) is 0.0373. The van der Waals surface area contributed by atoms with Crippen LogP contribution in [0.25, 0.3) is 0 Å². The Morgan fingerprint density at radius 1 is 0.656 bits per heavy atom. The summed E-state index contributed by atoms with van der Waals surface area (Å²) in [5.41, 5.74) is 5.86. The number of carbonyl (C=O) groups excluding carboxylic acids is 6. The van der Waals surface area contributed by atoms with Crippen molar-refractivity contribution in [2.75, 3.05) is 6.54 Å². The fourth-order valence-corrected chi connectivity index (χ4v) is 5.57. The van der Waals surface area contributed by atoms with Crippen molar-refractivity contribution in [3.8, 4) is 5.75 Å². The minimum Gasteiger partial charge on any atom is -0.481 e. The molecule has 1 aromatic carbocycles. The maximum absolute atomic E-state index is 14.0. The number of aliphatic hydroxyl groups is 1. The molecule has 15 N–H and O–H groups in total. The Kier molecular flexibility index (Phi) is 21.4. The first-order valence-electron chi connectivity index (χ1n) is 18.2. The maximum Gasteiger partial charge on any atom is 0.524 e. The molecule has 0 saturated carbocycles. The first-order chi connectivity index (χ1) is 28.2. The van der Waals surface area contributed by atoms with E-state index in [0.717, 1.165) is 19.1 Å². The summed E-state index contributed by atoms with van der Waals surface area (Å²) in [4.78, 5) is 143. The molecule has 1 rings (SSSR count). The van der Waals surface area contributed by atoms with Crippen LogP contribution in [-0.4, -0.2) is 144 Å². The fraction of sp³-hybridized carbons (Fsp3) is 0.529. The van der Waals surface area contributed by atoms with E-state index in [0.29, 0.717) is 0 Å². The summed E-state index contributed by atoms with van der Waals surface area (Å²) in [7, 11) is -4.98. The van der Waals surface area contributed by atoms with Crippen molar-refractivity contribution in [1.82, 2.24) is 31.9 Å². The van der Waals surface area contributed by atoms with Crippen molar-refractivity contribution in [2.24, 2.45) is 11.7 Å². The van der Waals surface area contributed by atoms with Gasteiger partial charge in [-0.1, -0.05) is 32.4 Å². The Morgan fingerprint density at radius 3 is 1.66 bits per heavy atom. The number of phosphoric acid groups is 1. The SMILES string of the molecule is CC[C@H](C)[C@H](NC(=O)[C@@H](N)CC(=O)O)C(=O)N[C@@H](Cc1ccc(OP(=O)(O)O)cc1)C(=O)N[C@@H](CCC(=O)O)C(=O)N[C@H](C(=O)N[C@@H](CC(=O)O)C(=O)NCC(=O)O)[C@@H](C)O. The van der Waals surface area contributed by atoms with E-state index < -0.39 is 154 Å². The molecule has 0 saturated heterocycles. The normalized spacial score (nSPS) is 15.1. The Morgan fingerprint density at radius 2 is 1.16 bits per heavy atom. The van der Waals surface area contributed by atoms with E-state index in [1.165, 1.54) is 19.1 Å². The third-order valence-corrected chi connectivity index (χ3v) is 8.96. The third-order valence-electron chi connectivity index (χ3n) is 8.51. The summed E-state index contributed by atoms with van der Waals surface area (Å²) in [5.74, 6) is -14.1. The summed E-state index contributed by atoms with van der Waals surface area (Å²) in [6, 6.07) is -5.77. The first-order valence-corrected chi connectivity index (χ1v) is 19.7. The molecule has 340 valence electrons. The van der Waals surface area contributed by atoms with Gasteiger partial charge in [0.25, 0.3) is 0 Å². The average Bonchev–Trinajstić information content (AvgIpc) is 3.14. The fourth-order valence-electron chi connectivity index (χ4n) is 5.17. The lowest BCUT2D eigenvalue weighted by atomic mass is 9.96. The molecule has 0 unspecified atom stereocenters. The largest absolute Gasteiger partial charge is 0.524 e. The number of phosphoric ester groups is 1. The lowest BCUT2D eigenvalue weighted by molar-refractivity contribution is -0.142. The molecule has 0 aromatic heterocycles. The predicted octanol–water partition coefficient (Wildman–Crippen LogP) is -4.11. The monoisotopic (exact) mass is 891 g/mol. The van der Waals surface area contributed by atoms with Crippen molar-refractivity contribution in [3.63, 3.8) is 0 Å². The molecule has 0 fully saturated rings. The van der Waals surface area contributed by atoms with Gasteiger partial charge < -0.3 is 67.7 Å². The van der Waals surface area contributed by atoms with Crippen molar-refractivity contribution >= 4 is 67.1 Å². The van der Waals surface area contributed by atoms with Crippen molar-refractivity contribution in [2.45, 2.75) is 102 Å². The highest BCUT2D eigenvalue weighted by Gasteiger charge is 2.36. The number of nitrogens with one attached hydrogen (secondary N) is 6. The predicted molar refractivity (Wildman–Crippen MR) is 204 cm³/mol. The Balaban J connectivity index is 3.58. The molecule has 0 spiro atoms. The molecule has 0 radical (unpaired) electrons. The van der Waals surface area contributed by atoms with Crippen LogP contribution < -0.4 is 42.2 Å². The van der Waals surface area contributed by atoms with Crippen LogP contribution in [-0.2, 0) is 58.9 Å². The number of rotatable bonds is 27. The van der Waals surface area contributed by atoms with Crippen LogP contribution >= 0.6 is 7.82 Å². The van der Waals surface area contributed by atoms with Gasteiger partial charge in [0.05, 0.1) is 25.0 Å². The van der Waals surface area contributed by atoms with Crippen LogP contribution in [0.15, 0.2) is 24.3 Å². The Bertz CT molecular complexity index is 1820. The number of carboxylic acid groups (broad SMARTS) is 4. The van der Waals surface area contributed by atoms with E-state index in [1.807, 2.05) is 10.6 Å². The summed E-state index contributed by atoms with van der Waals surface area (Å²) >= 11 is 0. The summed E-state index contributed by atoms with van der Waals surface area (Å²) in [6.07, 6.45) is -5.33. The summed E-state index contributed by atoms with van der Waals surface area (Å²) in [5, 5.41) is 59.9. The molecule has 27 heteroatoms. The molecule has 0 aliphatic carbocycles. The molecule has 6 amide bonds. The van der Waals surface area contributed by atoms with Crippen LogP contribution in [0.3, 0.4) is 0 Å². The highest BCUT2D eigenvalue weighted by atomic mass is 31.2. The number of hydrogen-bond acceptors (Lipinski definition) is 14. The van der Waals surface area contributed by atoms with Gasteiger partial charge in [0.2, 0.25) is 35.4 Å². The molecule has 61 heavy (non-hydrogen) atoms. The number of amides is 6. The van der Waals surface area contributed by atoms with E-state index in [4.69, 9.17) is 25.7 Å². The molecule has 8 atom stereocenters. The van der Waals surface area contributed by atoms with Crippen LogP contribution in [0.1, 0.15) is 58.4 Å². The van der Waals surface area contributed by atoms with E-state index in [1.54, 1.807) is 6.92 Å². The van der Waals surface area contributed by atoms with Gasteiger partial charge in [-0.2, -0.15) is 0 Å². The van der Waals surface area contributed by atoms with Crippen molar-refractivity contribution in [3.05, 3.63) is 29.8 Å². The van der Waals surface area contributed by atoms with Gasteiger partial charge >= 0.3 is 31.7 Å². The van der Waals surface area contributed by atoms with Gasteiger partial charge in [-0.25, -0.2) is 4.57 Å². The number of hydrogen-bond donors (Lipinski definition) is 14. The van der Waals surface area contributed by atoms with E-state index in [-0.39, 0.29) is 17.7 Å². The van der Waals surface area contributed by atoms with Gasteiger partial charge in [0, 0.05) is 12.8 Å². The van der Waals surface area contributed by atoms with Gasteiger partial charge in [0.1, 0.15) is 42.5 Å². The zero-order valence-electron chi connectivity index (χ0n) is 32.9. The van der Waals surface area contributed by atoms with Gasteiger partial charge in [-0.3, -0.25) is 57.7 Å². The number of benzene rings is 1. The van der Waals surface area contributed by atoms with Gasteiger partial charge in [0.15, 0.2) is 0 Å². The Hall–Kier alpha value is -6.21. The number of nitrogens with two attached hydrogens (primary N) is 1. The highest BCUT2D eigenvalue weighted by molar-refractivity contribution is 7.46. The van der Waals surface area contributed by atoms with E-state index in [2.05, 4.69) is 25.8 Å². The first kappa shape index (κ1) is 52.8. The van der Waals surface area contributed by atoms with Crippen LogP contribution in [0.2, 0.25) is 0 Å². The van der Waals surface area contributed by atoms with Crippen molar-refractivity contribution < 1.29 is 92.4 Å². The number of carboxylic acids is 4. The third kappa shape index (κ3) is 20.1. The van der Waals surface area contributed by atoms with E-state index >= 15 is 0 Å². The molecule has 0 bridgehead atoms. The van der Waals surface area contributed by atoms with Gasteiger partial charge in [-0.15, -0.1) is 0 Å². The minimum atomic E-state index is -4.98. The minimum absolute atomic E-state index is 0.201. The van der Waals surface area contributed by atoms with Crippen molar-refractivity contribution in [1.29, 1.82) is 0 Å². The highest BCUT2D eigenvalue weighted by Crippen LogP contribution is 2.37. The average molecular weight is 892 g/mol. The second kappa shape index (κ2) is 24.8. The molecule has 0 aliphatic rings. The molecular weight excluding hydrogens is 841 g/mol. The molecular formula is C34H50N7O19P. The maximum atomic E-state index is 14.0. The lowest BCUT2D eigenvalue weighted by Gasteiger charge is -2.29. The zero-order chi connectivity index (χ0) is 46.8. The lowest BCUT2D eigenvalue weighted by Crippen LogP contribution is -2.62. The Labute approximate surface area is 346 Å². The molecule has 0 aliphatic heterocycles. The van der Waals surface area contributed by atoms with E-state index in [9.17, 15) is 67.8 Å². The van der Waals surface area contributed by atoms with Gasteiger partial charge in [-0.05, 0) is 37.0 Å². The second-order valence-corrected chi connectivity index (χ2v) is 14.7.